The van der Waals surface area contributed by atoms with Gasteiger partial charge in [0, 0.05) is 23.8 Å². The van der Waals surface area contributed by atoms with Gasteiger partial charge in [0.1, 0.15) is 0 Å². The summed E-state index contributed by atoms with van der Waals surface area (Å²) in [7, 11) is 0. The second-order valence-electron chi connectivity index (χ2n) is 3.69. The first-order chi connectivity index (χ1) is 7.04. The van der Waals surface area contributed by atoms with Crippen molar-refractivity contribution in [2.75, 3.05) is 12.9 Å². The van der Waals surface area contributed by atoms with Crippen molar-refractivity contribution in [1.82, 2.24) is 5.32 Å². The summed E-state index contributed by atoms with van der Waals surface area (Å²) >= 11 is 1.55. The molecule has 0 heterocycles. The van der Waals surface area contributed by atoms with Crippen LogP contribution in [-0.2, 0) is 4.79 Å². The van der Waals surface area contributed by atoms with Gasteiger partial charge in [-0.05, 0) is 19.6 Å². The Morgan fingerprint density at radius 1 is 1.60 bits per heavy atom. The van der Waals surface area contributed by atoms with Gasteiger partial charge < -0.3 is 16.2 Å². The van der Waals surface area contributed by atoms with Crippen LogP contribution in [0.2, 0.25) is 0 Å². The van der Waals surface area contributed by atoms with Crippen LogP contribution in [0.15, 0.2) is 0 Å². The van der Waals surface area contributed by atoms with Gasteiger partial charge in [0.25, 0.3) is 0 Å². The maximum absolute atomic E-state index is 11.5. The average Bonchev–Trinajstić information content (AvgIpc) is 2.19. The number of carbonyl (C=O) groups is 1. The zero-order valence-electron chi connectivity index (χ0n) is 9.69. The maximum atomic E-state index is 11.5. The molecule has 0 spiro atoms. The van der Waals surface area contributed by atoms with Crippen LogP contribution in [0.25, 0.3) is 0 Å². The SMILES string of the molecule is CCC(N)CC(=O)NC(C)C(CO)SC. The molecule has 0 fully saturated rings. The highest BCUT2D eigenvalue weighted by molar-refractivity contribution is 7.99. The fourth-order valence-electron chi connectivity index (χ4n) is 1.23. The first-order valence-corrected chi connectivity index (χ1v) is 6.52. The maximum Gasteiger partial charge on any atom is 0.221 e. The van der Waals surface area contributed by atoms with Crippen molar-refractivity contribution in [1.29, 1.82) is 0 Å². The van der Waals surface area contributed by atoms with Crippen LogP contribution in [0, 0.1) is 0 Å². The van der Waals surface area contributed by atoms with Gasteiger partial charge in [-0.25, -0.2) is 0 Å². The minimum absolute atomic E-state index is 0.0263. The monoisotopic (exact) mass is 234 g/mol. The molecule has 90 valence electrons. The largest absolute Gasteiger partial charge is 0.395 e. The Morgan fingerprint density at radius 3 is 2.60 bits per heavy atom. The van der Waals surface area contributed by atoms with Crippen molar-refractivity contribution in [2.24, 2.45) is 5.73 Å². The lowest BCUT2D eigenvalue weighted by molar-refractivity contribution is -0.122. The summed E-state index contributed by atoms with van der Waals surface area (Å²) in [5, 5.41) is 11.9. The first-order valence-electron chi connectivity index (χ1n) is 5.23. The Morgan fingerprint density at radius 2 is 2.20 bits per heavy atom. The van der Waals surface area contributed by atoms with E-state index in [0.29, 0.717) is 6.42 Å². The minimum Gasteiger partial charge on any atom is -0.395 e. The van der Waals surface area contributed by atoms with Crippen LogP contribution < -0.4 is 11.1 Å². The molecule has 3 unspecified atom stereocenters. The Hall–Kier alpha value is -0.260. The summed E-state index contributed by atoms with van der Waals surface area (Å²) in [5.41, 5.74) is 5.68. The topological polar surface area (TPSA) is 75.4 Å². The molecular weight excluding hydrogens is 212 g/mol. The lowest BCUT2D eigenvalue weighted by atomic mass is 10.1. The number of carbonyl (C=O) groups excluding carboxylic acids is 1. The molecule has 3 atom stereocenters. The van der Waals surface area contributed by atoms with Crippen molar-refractivity contribution >= 4 is 17.7 Å². The van der Waals surface area contributed by atoms with Crippen LogP contribution in [-0.4, -0.2) is 41.2 Å². The highest BCUT2D eigenvalue weighted by atomic mass is 32.2. The third-order valence-electron chi connectivity index (χ3n) is 2.40. The van der Waals surface area contributed by atoms with Crippen LogP contribution in [0.1, 0.15) is 26.7 Å². The fraction of sp³-hybridized carbons (Fsp3) is 0.900. The molecule has 0 aliphatic carbocycles. The smallest absolute Gasteiger partial charge is 0.221 e. The van der Waals surface area contributed by atoms with Crippen molar-refractivity contribution in [3.8, 4) is 0 Å². The third-order valence-corrected chi connectivity index (χ3v) is 3.56. The van der Waals surface area contributed by atoms with Gasteiger partial charge in [-0.1, -0.05) is 6.92 Å². The zero-order chi connectivity index (χ0) is 11.8. The normalized spacial score (nSPS) is 16.9. The number of nitrogens with one attached hydrogen (secondary N) is 1. The van der Waals surface area contributed by atoms with E-state index >= 15 is 0 Å². The van der Waals surface area contributed by atoms with E-state index < -0.39 is 0 Å². The number of rotatable bonds is 7. The van der Waals surface area contributed by atoms with Crippen molar-refractivity contribution in [3.63, 3.8) is 0 Å². The highest BCUT2D eigenvalue weighted by Crippen LogP contribution is 2.10. The van der Waals surface area contributed by atoms with Crippen molar-refractivity contribution < 1.29 is 9.90 Å². The van der Waals surface area contributed by atoms with Gasteiger partial charge in [0.15, 0.2) is 0 Å². The quantitative estimate of drug-likeness (QED) is 0.594. The molecule has 4 N–H and O–H groups in total. The Kier molecular flexibility index (Phi) is 7.82. The van der Waals surface area contributed by atoms with E-state index in [4.69, 9.17) is 10.8 Å². The number of nitrogens with two attached hydrogens (primary N) is 1. The van der Waals surface area contributed by atoms with E-state index in [9.17, 15) is 4.79 Å². The second kappa shape index (κ2) is 7.96. The van der Waals surface area contributed by atoms with Gasteiger partial charge in [0.05, 0.1) is 6.61 Å². The summed E-state index contributed by atoms with van der Waals surface area (Å²) in [5.74, 6) is -0.0376. The Bertz CT molecular complexity index is 186. The first kappa shape index (κ1) is 14.7. The van der Waals surface area contributed by atoms with Crippen molar-refractivity contribution in [2.45, 2.75) is 44.0 Å². The highest BCUT2D eigenvalue weighted by Gasteiger charge is 2.18. The molecule has 4 nitrogen and oxygen atoms in total. The van der Waals surface area contributed by atoms with E-state index in [2.05, 4.69) is 5.32 Å². The second-order valence-corrected chi connectivity index (χ2v) is 4.76. The van der Waals surface area contributed by atoms with E-state index in [1.165, 1.54) is 0 Å². The number of hydrogen-bond donors (Lipinski definition) is 3. The average molecular weight is 234 g/mol. The van der Waals surface area contributed by atoms with Gasteiger partial charge in [0.2, 0.25) is 5.91 Å². The summed E-state index contributed by atoms with van der Waals surface area (Å²) < 4.78 is 0. The van der Waals surface area contributed by atoms with Gasteiger partial charge in [-0.2, -0.15) is 11.8 Å². The molecule has 0 aliphatic heterocycles. The molecule has 0 aromatic heterocycles. The molecular formula is C10H22N2O2S. The molecule has 5 heteroatoms. The van der Waals surface area contributed by atoms with E-state index in [0.717, 1.165) is 6.42 Å². The van der Waals surface area contributed by atoms with Crippen LogP contribution in [0.4, 0.5) is 0 Å². The van der Waals surface area contributed by atoms with Crippen LogP contribution in [0.3, 0.4) is 0 Å². The number of amides is 1. The minimum atomic E-state index is -0.0703. The third kappa shape index (κ3) is 6.02. The molecule has 0 saturated carbocycles. The standard InChI is InChI=1S/C10H22N2O2S/c1-4-8(11)5-10(14)12-7(2)9(6-13)15-3/h7-9,13H,4-6,11H2,1-3H3,(H,12,14). The molecule has 1 amide bonds. The van der Waals surface area contributed by atoms with Crippen LogP contribution >= 0.6 is 11.8 Å². The number of thioether (sulfide) groups is 1. The molecule has 0 aromatic carbocycles. The molecule has 0 bridgehead atoms. The number of aliphatic hydroxyl groups is 1. The zero-order valence-corrected chi connectivity index (χ0v) is 10.5. The lowest BCUT2D eigenvalue weighted by Crippen LogP contribution is -2.43. The van der Waals surface area contributed by atoms with E-state index in [1.54, 1.807) is 11.8 Å². The molecule has 0 rings (SSSR count). The van der Waals surface area contributed by atoms with Gasteiger partial charge in [-0.15, -0.1) is 0 Å². The molecule has 0 saturated heterocycles. The predicted octanol–water partition coefficient (Wildman–Crippen LogP) is 0.342. The van der Waals surface area contributed by atoms with Gasteiger partial charge >= 0.3 is 0 Å². The molecule has 0 aliphatic rings. The lowest BCUT2D eigenvalue weighted by Gasteiger charge is -2.22. The molecule has 15 heavy (non-hydrogen) atoms. The van der Waals surface area contributed by atoms with Gasteiger partial charge in [-0.3, -0.25) is 4.79 Å². The molecule has 0 radical (unpaired) electrons. The number of aliphatic hydroxyl groups excluding tert-OH is 1. The summed E-state index contributed by atoms with van der Waals surface area (Å²) in [6.07, 6.45) is 3.07. The Labute approximate surface area is 96.0 Å². The molecule has 0 aromatic rings. The predicted molar refractivity (Wildman–Crippen MR) is 64.9 cm³/mol. The summed E-state index contributed by atoms with van der Waals surface area (Å²) in [6.45, 7) is 3.93. The number of hydrogen-bond acceptors (Lipinski definition) is 4. The summed E-state index contributed by atoms with van der Waals surface area (Å²) in [4.78, 5) is 11.5. The van der Waals surface area contributed by atoms with E-state index in [-0.39, 0.29) is 29.8 Å². The van der Waals surface area contributed by atoms with Crippen LogP contribution in [0.5, 0.6) is 0 Å². The summed E-state index contributed by atoms with van der Waals surface area (Å²) in [6, 6.07) is -0.0967. The fourth-order valence-corrected chi connectivity index (χ4v) is 1.85. The van der Waals surface area contributed by atoms with E-state index in [1.807, 2.05) is 20.1 Å². The van der Waals surface area contributed by atoms with Crippen molar-refractivity contribution in [3.05, 3.63) is 0 Å². The Balaban J connectivity index is 3.94.